The molecule has 0 unspecified atom stereocenters. The number of nitrogen functional groups attached to an aromatic ring is 1. The number of benzene rings is 1. The average Bonchev–Trinajstić information content (AvgIpc) is 2.25. The maximum absolute atomic E-state index is 11.3. The van der Waals surface area contributed by atoms with Gasteiger partial charge in [0.25, 0.3) is 0 Å². The second-order valence-corrected chi connectivity index (χ2v) is 4.30. The fourth-order valence-corrected chi connectivity index (χ4v) is 1.71. The zero-order valence-corrected chi connectivity index (χ0v) is 10.8. The fraction of sp³-hybridized carbons (Fsp3) is 0.364. The van der Waals surface area contributed by atoms with Gasteiger partial charge in [0.15, 0.2) is 0 Å². The summed E-state index contributed by atoms with van der Waals surface area (Å²) in [6.07, 6.45) is 0.942. The molecule has 0 bridgehead atoms. The van der Waals surface area contributed by atoms with Gasteiger partial charge in [-0.25, -0.2) is 0 Å². The summed E-state index contributed by atoms with van der Waals surface area (Å²) in [5.74, 6) is -0.00873. The number of anilines is 2. The van der Waals surface area contributed by atoms with Crippen LogP contribution in [-0.4, -0.2) is 19.0 Å². The monoisotopic (exact) mass is 285 g/mol. The predicted octanol–water partition coefficient (Wildman–Crippen LogP) is 1.97. The number of amides is 1. The Bertz CT molecular complexity index is 368. The zero-order valence-electron chi connectivity index (χ0n) is 9.22. The largest absolute Gasteiger partial charge is 0.399 e. The van der Waals surface area contributed by atoms with E-state index in [2.05, 4.69) is 26.6 Å². The van der Waals surface area contributed by atoms with Crippen molar-refractivity contribution < 1.29 is 4.79 Å². The van der Waals surface area contributed by atoms with E-state index in [1.807, 2.05) is 13.0 Å². The molecule has 4 N–H and O–H groups in total. The van der Waals surface area contributed by atoms with E-state index in [4.69, 9.17) is 5.73 Å². The van der Waals surface area contributed by atoms with E-state index in [0.29, 0.717) is 12.2 Å². The first kappa shape index (κ1) is 12.8. The van der Waals surface area contributed by atoms with E-state index in [9.17, 15) is 4.79 Å². The Morgan fingerprint density at radius 3 is 2.88 bits per heavy atom. The van der Waals surface area contributed by atoms with Crippen molar-refractivity contribution in [3.63, 3.8) is 0 Å². The minimum atomic E-state index is -0.00873. The van der Waals surface area contributed by atoms with Gasteiger partial charge in [-0.2, -0.15) is 0 Å². The van der Waals surface area contributed by atoms with Crippen molar-refractivity contribution in [3.8, 4) is 0 Å². The van der Waals surface area contributed by atoms with Crippen LogP contribution in [0.3, 0.4) is 0 Å². The third-order valence-electron chi connectivity index (χ3n) is 2.00. The van der Waals surface area contributed by atoms with E-state index < -0.39 is 0 Å². The van der Waals surface area contributed by atoms with Gasteiger partial charge >= 0.3 is 0 Å². The molecule has 0 spiro atoms. The predicted molar refractivity (Wildman–Crippen MR) is 70.3 cm³/mol. The lowest BCUT2D eigenvalue weighted by Gasteiger charge is -2.09. The highest BCUT2D eigenvalue weighted by Gasteiger charge is 2.02. The normalized spacial score (nSPS) is 9.88. The quantitative estimate of drug-likeness (QED) is 0.725. The third-order valence-corrected chi connectivity index (χ3v) is 2.66. The molecule has 4 nitrogen and oxygen atoms in total. The first-order valence-corrected chi connectivity index (χ1v) is 5.98. The zero-order chi connectivity index (χ0) is 12.0. The van der Waals surface area contributed by atoms with Gasteiger partial charge in [-0.05, 0) is 40.5 Å². The van der Waals surface area contributed by atoms with Crippen LogP contribution in [0.1, 0.15) is 13.3 Å². The molecule has 0 atom stereocenters. The highest BCUT2D eigenvalue weighted by atomic mass is 79.9. The maximum atomic E-state index is 11.3. The van der Waals surface area contributed by atoms with Crippen LogP contribution in [0.15, 0.2) is 22.7 Å². The van der Waals surface area contributed by atoms with E-state index in [-0.39, 0.29) is 12.5 Å². The lowest BCUT2D eigenvalue weighted by atomic mass is 10.3. The Morgan fingerprint density at radius 2 is 2.25 bits per heavy atom. The van der Waals surface area contributed by atoms with Crippen molar-refractivity contribution >= 4 is 33.2 Å². The molecule has 0 saturated carbocycles. The molecule has 1 amide bonds. The summed E-state index contributed by atoms with van der Waals surface area (Å²) in [5.41, 5.74) is 7.16. The SMILES string of the molecule is CCCNC(=O)CNc1ccc(N)cc1Br. The number of hydrogen-bond acceptors (Lipinski definition) is 3. The highest BCUT2D eigenvalue weighted by Crippen LogP contribution is 2.24. The van der Waals surface area contributed by atoms with Crippen molar-refractivity contribution in [3.05, 3.63) is 22.7 Å². The van der Waals surface area contributed by atoms with Gasteiger partial charge in [-0.15, -0.1) is 0 Å². The molecule has 0 radical (unpaired) electrons. The van der Waals surface area contributed by atoms with Crippen LogP contribution in [0, 0.1) is 0 Å². The summed E-state index contributed by atoms with van der Waals surface area (Å²) in [5, 5.41) is 5.83. The molecule has 1 aromatic rings. The van der Waals surface area contributed by atoms with Crippen molar-refractivity contribution in [2.45, 2.75) is 13.3 Å². The van der Waals surface area contributed by atoms with Gasteiger partial charge in [-0.1, -0.05) is 6.92 Å². The Kier molecular flexibility index (Phi) is 5.11. The van der Waals surface area contributed by atoms with Crippen LogP contribution in [0.4, 0.5) is 11.4 Å². The van der Waals surface area contributed by atoms with Crippen LogP contribution in [-0.2, 0) is 4.79 Å². The lowest BCUT2D eigenvalue weighted by molar-refractivity contribution is -0.119. The minimum Gasteiger partial charge on any atom is -0.399 e. The number of carbonyl (C=O) groups excluding carboxylic acids is 1. The summed E-state index contributed by atoms with van der Waals surface area (Å²) in [4.78, 5) is 11.3. The summed E-state index contributed by atoms with van der Waals surface area (Å²) < 4.78 is 0.857. The Hall–Kier alpha value is -1.23. The van der Waals surface area contributed by atoms with E-state index in [1.54, 1.807) is 12.1 Å². The number of nitrogens with two attached hydrogens (primary N) is 1. The van der Waals surface area contributed by atoms with Gasteiger partial charge in [0.05, 0.1) is 6.54 Å². The second-order valence-electron chi connectivity index (χ2n) is 3.44. The van der Waals surface area contributed by atoms with Gasteiger partial charge < -0.3 is 16.4 Å². The molecule has 0 saturated heterocycles. The molecule has 0 aliphatic carbocycles. The summed E-state index contributed by atoms with van der Waals surface area (Å²) >= 11 is 3.38. The molecule has 0 aromatic heterocycles. The molecular formula is C11H16BrN3O. The van der Waals surface area contributed by atoms with Crippen LogP contribution in [0.2, 0.25) is 0 Å². The molecule has 0 fully saturated rings. The minimum absolute atomic E-state index is 0.00873. The summed E-state index contributed by atoms with van der Waals surface area (Å²) in [6, 6.07) is 5.43. The standard InChI is InChI=1S/C11H16BrN3O/c1-2-5-14-11(16)7-15-10-4-3-8(13)6-9(10)12/h3-4,6,15H,2,5,7,13H2,1H3,(H,14,16). The molecule has 1 aromatic carbocycles. The summed E-state index contributed by atoms with van der Waals surface area (Å²) in [7, 11) is 0. The maximum Gasteiger partial charge on any atom is 0.239 e. The van der Waals surface area contributed by atoms with Crippen molar-refractivity contribution in [2.24, 2.45) is 0 Å². The van der Waals surface area contributed by atoms with Crippen LogP contribution < -0.4 is 16.4 Å². The Morgan fingerprint density at radius 1 is 1.50 bits per heavy atom. The smallest absolute Gasteiger partial charge is 0.239 e. The molecule has 0 aliphatic heterocycles. The first-order chi connectivity index (χ1) is 7.63. The van der Waals surface area contributed by atoms with Crippen LogP contribution >= 0.6 is 15.9 Å². The van der Waals surface area contributed by atoms with Crippen LogP contribution in [0.25, 0.3) is 0 Å². The summed E-state index contributed by atoms with van der Waals surface area (Å²) in [6.45, 7) is 3.00. The van der Waals surface area contributed by atoms with Crippen molar-refractivity contribution in [1.82, 2.24) is 5.32 Å². The van der Waals surface area contributed by atoms with Crippen molar-refractivity contribution in [1.29, 1.82) is 0 Å². The van der Waals surface area contributed by atoms with E-state index in [1.165, 1.54) is 0 Å². The van der Waals surface area contributed by atoms with Gasteiger partial charge in [-0.3, -0.25) is 4.79 Å². The average molecular weight is 286 g/mol. The lowest BCUT2D eigenvalue weighted by Crippen LogP contribution is -2.30. The molecule has 16 heavy (non-hydrogen) atoms. The second kappa shape index (κ2) is 6.37. The van der Waals surface area contributed by atoms with Crippen LogP contribution in [0.5, 0.6) is 0 Å². The van der Waals surface area contributed by atoms with Gasteiger partial charge in [0.1, 0.15) is 0 Å². The highest BCUT2D eigenvalue weighted by molar-refractivity contribution is 9.10. The number of carbonyl (C=O) groups is 1. The van der Waals surface area contributed by atoms with Crippen molar-refractivity contribution in [2.75, 3.05) is 24.1 Å². The Balaban J connectivity index is 2.45. The number of hydrogen-bond donors (Lipinski definition) is 3. The molecule has 0 heterocycles. The number of nitrogens with one attached hydrogen (secondary N) is 2. The van der Waals surface area contributed by atoms with E-state index >= 15 is 0 Å². The number of rotatable bonds is 5. The topological polar surface area (TPSA) is 67.2 Å². The Labute approximate surface area is 104 Å². The molecule has 0 aliphatic rings. The van der Waals surface area contributed by atoms with Gasteiger partial charge in [0.2, 0.25) is 5.91 Å². The molecule has 5 heteroatoms. The number of halogens is 1. The first-order valence-electron chi connectivity index (χ1n) is 5.19. The van der Waals surface area contributed by atoms with Gasteiger partial charge in [0, 0.05) is 22.4 Å². The third kappa shape index (κ3) is 4.10. The molecule has 1 rings (SSSR count). The molecule has 88 valence electrons. The fourth-order valence-electron chi connectivity index (χ4n) is 1.18. The van der Waals surface area contributed by atoms with E-state index in [0.717, 1.165) is 16.6 Å². The molecular weight excluding hydrogens is 270 g/mol.